The van der Waals surface area contributed by atoms with Gasteiger partial charge in [-0.15, -0.1) is 0 Å². The van der Waals surface area contributed by atoms with E-state index in [1.165, 1.54) is 19.2 Å². The minimum Gasteiger partial charge on any atom is -0.497 e. The smallest absolute Gasteiger partial charge is 0.240 e. The van der Waals surface area contributed by atoms with Crippen LogP contribution in [0.1, 0.15) is 6.42 Å². The van der Waals surface area contributed by atoms with Crippen LogP contribution in [0.2, 0.25) is 0 Å². The number of para-hydroxylation sites is 1. The Morgan fingerprint density at radius 2 is 1.64 bits per heavy atom. The third-order valence-electron chi connectivity index (χ3n) is 4.75. The predicted octanol–water partition coefficient (Wildman–Crippen LogP) is 1.71. The van der Waals surface area contributed by atoms with E-state index in [-0.39, 0.29) is 23.8 Å². The van der Waals surface area contributed by atoms with Crippen LogP contribution in [-0.4, -0.2) is 59.1 Å². The molecule has 7 nitrogen and oxygen atoms in total. The zero-order chi connectivity index (χ0) is 20.0. The fourth-order valence-corrected chi connectivity index (χ4v) is 4.17. The number of amides is 1. The summed E-state index contributed by atoms with van der Waals surface area (Å²) < 4.78 is 32.1. The Morgan fingerprint density at radius 1 is 1.00 bits per heavy atom. The number of benzene rings is 2. The van der Waals surface area contributed by atoms with Crippen LogP contribution in [0.3, 0.4) is 0 Å². The van der Waals surface area contributed by atoms with Gasteiger partial charge >= 0.3 is 0 Å². The molecule has 0 bridgehead atoms. The fraction of sp³-hybridized carbons (Fsp3) is 0.350. The minimum absolute atomic E-state index is 0.0369. The number of methoxy groups -OCH3 is 1. The van der Waals surface area contributed by atoms with Gasteiger partial charge in [0.15, 0.2) is 0 Å². The topological polar surface area (TPSA) is 78.9 Å². The van der Waals surface area contributed by atoms with Gasteiger partial charge in [0.25, 0.3) is 0 Å². The quantitative estimate of drug-likeness (QED) is 0.762. The molecule has 150 valence electrons. The van der Waals surface area contributed by atoms with Gasteiger partial charge in [-0.25, -0.2) is 13.1 Å². The number of rotatable bonds is 7. The number of sulfonamides is 1. The predicted molar refractivity (Wildman–Crippen MR) is 108 cm³/mol. The van der Waals surface area contributed by atoms with Gasteiger partial charge in [0.2, 0.25) is 15.9 Å². The van der Waals surface area contributed by atoms with E-state index in [1.54, 1.807) is 17.0 Å². The molecule has 1 amide bonds. The van der Waals surface area contributed by atoms with Crippen molar-refractivity contribution in [2.45, 2.75) is 11.3 Å². The maximum atomic E-state index is 12.4. The van der Waals surface area contributed by atoms with Crippen LogP contribution < -0.4 is 14.4 Å². The van der Waals surface area contributed by atoms with E-state index >= 15 is 0 Å². The minimum atomic E-state index is -3.64. The number of carbonyl (C=O) groups is 1. The van der Waals surface area contributed by atoms with Gasteiger partial charge in [-0.1, -0.05) is 18.2 Å². The van der Waals surface area contributed by atoms with Crippen LogP contribution in [0, 0.1) is 0 Å². The standard InChI is InChI=1S/C20H25N3O4S/c1-27-18-7-9-19(10-8-18)28(25,26)21-12-11-20(24)23-15-13-22(14-16-23)17-5-3-2-4-6-17/h2-10,21H,11-16H2,1H3. The molecule has 0 atom stereocenters. The number of hydrogen-bond acceptors (Lipinski definition) is 5. The Balaban J connectivity index is 1.45. The van der Waals surface area contributed by atoms with Crippen LogP contribution in [0.15, 0.2) is 59.5 Å². The van der Waals surface area contributed by atoms with Crippen LogP contribution in [-0.2, 0) is 14.8 Å². The molecule has 8 heteroatoms. The monoisotopic (exact) mass is 403 g/mol. The van der Waals surface area contributed by atoms with Gasteiger partial charge < -0.3 is 14.5 Å². The summed E-state index contributed by atoms with van der Waals surface area (Å²) in [4.78, 5) is 16.6. The van der Waals surface area contributed by atoms with Gasteiger partial charge in [-0.3, -0.25) is 4.79 Å². The van der Waals surface area contributed by atoms with Crippen molar-refractivity contribution in [2.75, 3.05) is 44.7 Å². The van der Waals surface area contributed by atoms with Gasteiger partial charge in [-0.2, -0.15) is 0 Å². The summed E-state index contributed by atoms with van der Waals surface area (Å²) in [5.41, 5.74) is 1.15. The molecular weight excluding hydrogens is 378 g/mol. The first kappa shape index (κ1) is 20.2. The van der Waals surface area contributed by atoms with Crippen molar-refractivity contribution < 1.29 is 17.9 Å². The summed E-state index contributed by atoms with van der Waals surface area (Å²) in [7, 11) is -2.12. The highest BCUT2D eigenvalue weighted by molar-refractivity contribution is 7.89. The molecule has 0 unspecified atom stereocenters. The van der Waals surface area contributed by atoms with Gasteiger partial charge in [0, 0.05) is 44.8 Å². The Morgan fingerprint density at radius 3 is 2.25 bits per heavy atom. The lowest BCUT2D eigenvalue weighted by molar-refractivity contribution is -0.131. The number of anilines is 1. The second kappa shape index (κ2) is 9.07. The van der Waals surface area contributed by atoms with E-state index in [4.69, 9.17) is 4.74 Å². The zero-order valence-corrected chi connectivity index (χ0v) is 16.7. The molecule has 1 aliphatic rings. The van der Waals surface area contributed by atoms with E-state index in [9.17, 15) is 13.2 Å². The van der Waals surface area contributed by atoms with Gasteiger partial charge in [0.1, 0.15) is 5.75 Å². The van der Waals surface area contributed by atoms with E-state index < -0.39 is 10.0 Å². The van der Waals surface area contributed by atoms with Crippen molar-refractivity contribution >= 4 is 21.6 Å². The maximum absolute atomic E-state index is 12.4. The third-order valence-corrected chi connectivity index (χ3v) is 6.23. The number of hydrogen-bond donors (Lipinski definition) is 1. The zero-order valence-electron chi connectivity index (χ0n) is 15.9. The van der Waals surface area contributed by atoms with Crippen molar-refractivity contribution in [3.63, 3.8) is 0 Å². The van der Waals surface area contributed by atoms with E-state index in [0.29, 0.717) is 18.8 Å². The molecule has 0 aromatic heterocycles. The molecule has 1 aliphatic heterocycles. The first-order valence-electron chi connectivity index (χ1n) is 9.21. The Bertz CT molecular complexity index is 877. The van der Waals surface area contributed by atoms with Crippen molar-refractivity contribution in [1.82, 2.24) is 9.62 Å². The molecule has 28 heavy (non-hydrogen) atoms. The van der Waals surface area contributed by atoms with E-state index in [1.807, 2.05) is 18.2 Å². The summed E-state index contributed by atoms with van der Waals surface area (Å²) >= 11 is 0. The molecule has 0 saturated carbocycles. The molecule has 1 N–H and O–H groups in total. The SMILES string of the molecule is COc1ccc(S(=O)(=O)NCCC(=O)N2CCN(c3ccccc3)CC2)cc1. The number of carbonyl (C=O) groups excluding carboxylic acids is 1. The van der Waals surface area contributed by atoms with Crippen LogP contribution in [0.4, 0.5) is 5.69 Å². The molecule has 1 saturated heterocycles. The lowest BCUT2D eigenvalue weighted by Gasteiger charge is -2.36. The van der Waals surface area contributed by atoms with Crippen LogP contribution in [0.5, 0.6) is 5.75 Å². The lowest BCUT2D eigenvalue weighted by Crippen LogP contribution is -2.49. The summed E-state index contributed by atoms with van der Waals surface area (Å²) in [6.45, 7) is 2.89. The number of nitrogens with one attached hydrogen (secondary N) is 1. The summed E-state index contributed by atoms with van der Waals surface area (Å²) in [6.07, 6.45) is 0.140. The normalized spacial score (nSPS) is 14.8. The van der Waals surface area contributed by atoms with Crippen molar-refractivity contribution in [3.8, 4) is 5.75 Å². The first-order valence-corrected chi connectivity index (χ1v) is 10.7. The largest absolute Gasteiger partial charge is 0.497 e. The molecule has 2 aromatic rings. The molecule has 0 radical (unpaired) electrons. The fourth-order valence-electron chi connectivity index (χ4n) is 3.14. The maximum Gasteiger partial charge on any atom is 0.240 e. The molecule has 1 heterocycles. The highest BCUT2D eigenvalue weighted by atomic mass is 32.2. The van der Waals surface area contributed by atoms with Crippen molar-refractivity contribution in [1.29, 1.82) is 0 Å². The molecule has 0 spiro atoms. The summed E-state index contributed by atoms with van der Waals surface area (Å²) in [5, 5.41) is 0. The van der Waals surface area contributed by atoms with Crippen molar-refractivity contribution in [3.05, 3.63) is 54.6 Å². The molecule has 2 aromatic carbocycles. The highest BCUT2D eigenvalue weighted by Crippen LogP contribution is 2.17. The summed E-state index contributed by atoms with van der Waals surface area (Å²) in [6, 6.07) is 16.2. The molecule has 0 aliphatic carbocycles. The van der Waals surface area contributed by atoms with Crippen LogP contribution >= 0.6 is 0 Å². The Kier molecular flexibility index (Phi) is 6.53. The molecule has 3 rings (SSSR count). The molecule has 1 fully saturated rings. The third kappa shape index (κ3) is 5.02. The van der Waals surface area contributed by atoms with Crippen molar-refractivity contribution in [2.24, 2.45) is 0 Å². The average Bonchev–Trinajstić information content (AvgIpc) is 2.74. The van der Waals surface area contributed by atoms with Gasteiger partial charge in [0.05, 0.1) is 12.0 Å². The van der Waals surface area contributed by atoms with Gasteiger partial charge in [-0.05, 0) is 36.4 Å². The Labute approximate surface area is 166 Å². The number of ether oxygens (including phenoxy) is 1. The van der Waals surface area contributed by atoms with E-state index in [0.717, 1.165) is 18.8 Å². The second-order valence-electron chi connectivity index (χ2n) is 6.53. The summed E-state index contributed by atoms with van der Waals surface area (Å²) in [5.74, 6) is 0.550. The number of nitrogens with zero attached hydrogens (tertiary/aromatic N) is 2. The Hall–Kier alpha value is -2.58. The second-order valence-corrected chi connectivity index (χ2v) is 8.29. The van der Waals surface area contributed by atoms with E-state index in [2.05, 4.69) is 21.8 Å². The highest BCUT2D eigenvalue weighted by Gasteiger charge is 2.21. The van der Waals surface area contributed by atoms with Crippen LogP contribution in [0.25, 0.3) is 0 Å². The first-order chi connectivity index (χ1) is 13.5. The number of piperazine rings is 1. The lowest BCUT2D eigenvalue weighted by atomic mass is 10.2. The molecular formula is C20H25N3O4S. The average molecular weight is 404 g/mol.